The summed E-state index contributed by atoms with van der Waals surface area (Å²) in [7, 11) is 2.12. The Bertz CT molecular complexity index is 584. The van der Waals surface area contributed by atoms with Crippen LogP contribution in [-0.4, -0.2) is 18.1 Å². The van der Waals surface area contributed by atoms with Crippen LogP contribution in [0.4, 0.5) is 5.69 Å². The zero-order valence-electron chi connectivity index (χ0n) is 12.8. The van der Waals surface area contributed by atoms with Crippen LogP contribution in [0.1, 0.15) is 25.0 Å². The van der Waals surface area contributed by atoms with Gasteiger partial charge in [-0.15, -0.1) is 0 Å². The minimum atomic E-state index is 0.466. The van der Waals surface area contributed by atoms with Crippen LogP contribution in [0.3, 0.4) is 0 Å². The summed E-state index contributed by atoms with van der Waals surface area (Å²) < 4.78 is 1.12. The average Bonchev–Trinajstić information content (AvgIpc) is 2.45. The van der Waals surface area contributed by atoms with E-state index < -0.39 is 0 Å². The summed E-state index contributed by atoms with van der Waals surface area (Å²) in [5.74, 6) is 0. The largest absolute Gasteiger partial charge is 0.370 e. The van der Waals surface area contributed by atoms with Crippen molar-refractivity contribution in [2.75, 3.05) is 11.9 Å². The van der Waals surface area contributed by atoms with Gasteiger partial charge in [0, 0.05) is 54.3 Å². The predicted molar refractivity (Wildman–Crippen MR) is 92.5 cm³/mol. The number of hydrogen-bond donors (Lipinski definition) is 1. The molecule has 0 saturated carbocycles. The second-order valence-corrected chi connectivity index (χ2v) is 6.44. The summed E-state index contributed by atoms with van der Waals surface area (Å²) in [5, 5.41) is 3.46. The minimum Gasteiger partial charge on any atom is -0.370 e. The SMILES string of the molecule is CC(C)NCc1cnccc1N(C)Cc1cccc(Br)c1. The van der Waals surface area contributed by atoms with Gasteiger partial charge in [-0.1, -0.05) is 41.9 Å². The molecule has 21 heavy (non-hydrogen) atoms. The van der Waals surface area contributed by atoms with Crippen molar-refractivity contribution in [1.29, 1.82) is 0 Å². The number of hydrogen-bond acceptors (Lipinski definition) is 3. The number of nitrogens with zero attached hydrogens (tertiary/aromatic N) is 2. The van der Waals surface area contributed by atoms with Crippen molar-refractivity contribution in [1.82, 2.24) is 10.3 Å². The van der Waals surface area contributed by atoms with Gasteiger partial charge in [-0.05, 0) is 23.8 Å². The first-order valence-corrected chi connectivity index (χ1v) is 7.97. The third-order valence-electron chi connectivity index (χ3n) is 3.30. The topological polar surface area (TPSA) is 28.2 Å². The molecule has 1 heterocycles. The first-order chi connectivity index (χ1) is 10.1. The second-order valence-electron chi connectivity index (χ2n) is 5.53. The molecule has 1 N–H and O–H groups in total. The highest BCUT2D eigenvalue weighted by atomic mass is 79.9. The Labute approximate surface area is 135 Å². The van der Waals surface area contributed by atoms with Crippen molar-refractivity contribution in [3.63, 3.8) is 0 Å². The van der Waals surface area contributed by atoms with Crippen LogP contribution < -0.4 is 10.2 Å². The smallest absolute Gasteiger partial charge is 0.0443 e. The minimum absolute atomic E-state index is 0.466. The summed E-state index contributed by atoms with van der Waals surface area (Å²) in [4.78, 5) is 6.52. The number of aromatic nitrogens is 1. The van der Waals surface area contributed by atoms with Gasteiger partial charge < -0.3 is 10.2 Å². The third-order valence-corrected chi connectivity index (χ3v) is 3.79. The molecular formula is C17H22BrN3. The van der Waals surface area contributed by atoms with E-state index >= 15 is 0 Å². The third kappa shape index (κ3) is 4.83. The summed E-state index contributed by atoms with van der Waals surface area (Å²) in [6, 6.07) is 11.0. The summed E-state index contributed by atoms with van der Waals surface area (Å²) in [6.07, 6.45) is 3.80. The lowest BCUT2D eigenvalue weighted by Crippen LogP contribution is -2.24. The lowest BCUT2D eigenvalue weighted by molar-refractivity contribution is 0.587. The maximum Gasteiger partial charge on any atom is 0.0443 e. The Morgan fingerprint density at radius 3 is 2.81 bits per heavy atom. The predicted octanol–water partition coefficient (Wildman–Crippen LogP) is 3.98. The van der Waals surface area contributed by atoms with Gasteiger partial charge in [0.1, 0.15) is 0 Å². The van der Waals surface area contributed by atoms with Crippen LogP contribution >= 0.6 is 15.9 Å². The number of halogens is 1. The molecule has 0 atom stereocenters. The van der Waals surface area contributed by atoms with E-state index in [0.29, 0.717) is 6.04 Å². The fraction of sp³-hybridized carbons (Fsp3) is 0.353. The monoisotopic (exact) mass is 347 g/mol. The first kappa shape index (κ1) is 16.0. The summed E-state index contributed by atoms with van der Waals surface area (Å²) >= 11 is 3.53. The molecule has 0 aliphatic rings. The molecule has 0 amide bonds. The molecule has 0 saturated heterocycles. The molecule has 0 unspecified atom stereocenters. The van der Waals surface area contributed by atoms with Crippen molar-refractivity contribution in [2.45, 2.75) is 33.0 Å². The van der Waals surface area contributed by atoms with Crippen LogP contribution in [0.5, 0.6) is 0 Å². The molecule has 2 aromatic rings. The molecule has 2 rings (SSSR count). The Balaban J connectivity index is 2.13. The maximum atomic E-state index is 4.25. The molecule has 0 bridgehead atoms. The average molecular weight is 348 g/mol. The van der Waals surface area contributed by atoms with Crippen molar-refractivity contribution in [3.8, 4) is 0 Å². The maximum absolute atomic E-state index is 4.25. The zero-order valence-corrected chi connectivity index (χ0v) is 14.4. The molecule has 0 fully saturated rings. The number of nitrogens with one attached hydrogen (secondary N) is 1. The lowest BCUT2D eigenvalue weighted by atomic mass is 10.1. The Morgan fingerprint density at radius 2 is 2.10 bits per heavy atom. The van der Waals surface area contributed by atoms with Crippen molar-refractivity contribution < 1.29 is 0 Å². The van der Waals surface area contributed by atoms with Crippen LogP contribution in [0.25, 0.3) is 0 Å². The van der Waals surface area contributed by atoms with Crippen molar-refractivity contribution >= 4 is 21.6 Å². The second kappa shape index (κ2) is 7.57. The van der Waals surface area contributed by atoms with E-state index in [4.69, 9.17) is 0 Å². The van der Waals surface area contributed by atoms with E-state index in [1.165, 1.54) is 16.8 Å². The van der Waals surface area contributed by atoms with Crippen LogP contribution in [0.15, 0.2) is 47.2 Å². The van der Waals surface area contributed by atoms with Gasteiger partial charge in [0.15, 0.2) is 0 Å². The summed E-state index contributed by atoms with van der Waals surface area (Å²) in [6.45, 7) is 6.02. The van der Waals surface area contributed by atoms with E-state index in [9.17, 15) is 0 Å². The lowest BCUT2D eigenvalue weighted by Gasteiger charge is -2.23. The number of pyridine rings is 1. The van der Waals surface area contributed by atoms with E-state index in [1.807, 2.05) is 18.5 Å². The molecule has 112 valence electrons. The van der Waals surface area contributed by atoms with Crippen molar-refractivity contribution in [2.24, 2.45) is 0 Å². The van der Waals surface area contributed by atoms with E-state index in [2.05, 4.69) is 76.3 Å². The highest BCUT2D eigenvalue weighted by Gasteiger charge is 2.08. The van der Waals surface area contributed by atoms with Crippen LogP contribution in [0.2, 0.25) is 0 Å². The van der Waals surface area contributed by atoms with Gasteiger partial charge >= 0.3 is 0 Å². The Hall–Kier alpha value is -1.39. The quantitative estimate of drug-likeness (QED) is 0.856. The highest BCUT2D eigenvalue weighted by molar-refractivity contribution is 9.10. The van der Waals surface area contributed by atoms with E-state index in [-0.39, 0.29) is 0 Å². The van der Waals surface area contributed by atoms with Gasteiger partial charge in [-0.3, -0.25) is 4.98 Å². The van der Waals surface area contributed by atoms with E-state index in [0.717, 1.165) is 17.6 Å². The number of rotatable bonds is 6. The fourth-order valence-electron chi connectivity index (χ4n) is 2.24. The molecule has 0 radical (unpaired) electrons. The first-order valence-electron chi connectivity index (χ1n) is 7.18. The molecule has 3 nitrogen and oxygen atoms in total. The van der Waals surface area contributed by atoms with Gasteiger partial charge in [-0.2, -0.15) is 0 Å². The van der Waals surface area contributed by atoms with Crippen LogP contribution in [0, 0.1) is 0 Å². The fourth-order valence-corrected chi connectivity index (χ4v) is 2.68. The van der Waals surface area contributed by atoms with E-state index in [1.54, 1.807) is 0 Å². The van der Waals surface area contributed by atoms with Gasteiger partial charge in [-0.25, -0.2) is 0 Å². The molecular weight excluding hydrogens is 326 g/mol. The van der Waals surface area contributed by atoms with Crippen molar-refractivity contribution in [3.05, 3.63) is 58.3 Å². The number of anilines is 1. The normalized spacial score (nSPS) is 10.9. The van der Waals surface area contributed by atoms with Gasteiger partial charge in [0.25, 0.3) is 0 Å². The molecule has 1 aromatic carbocycles. The Morgan fingerprint density at radius 1 is 1.29 bits per heavy atom. The molecule has 0 aliphatic carbocycles. The van der Waals surface area contributed by atoms with Gasteiger partial charge in [0.05, 0.1) is 0 Å². The summed E-state index contributed by atoms with van der Waals surface area (Å²) in [5.41, 5.74) is 3.73. The zero-order chi connectivity index (χ0) is 15.2. The standard InChI is InChI=1S/C17H22BrN3/c1-13(2)20-11-15-10-19-8-7-17(15)21(3)12-14-5-4-6-16(18)9-14/h4-10,13,20H,11-12H2,1-3H3. The van der Waals surface area contributed by atoms with Gasteiger partial charge in [0.2, 0.25) is 0 Å². The Kier molecular flexibility index (Phi) is 5.76. The highest BCUT2D eigenvalue weighted by Crippen LogP contribution is 2.21. The number of benzene rings is 1. The van der Waals surface area contributed by atoms with Crippen LogP contribution in [-0.2, 0) is 13.1 Å². The molecule has 0 aliphatic heterocycles. The molecule has 0 spiro atoms. The molecule has 1 aromatic heterocycles. The molecule has 4 heteroatoms.